The Kier molecular flexibility index (Phi) is 4.10. The van der Waals surface area contributed by atoms with Crippen molar-refractivity contribution in [1.82, 2.24) is 4.90 Å². The van der Waals surface area contributed by atoms with Gasteiger partial charge in [-0.05, 0) is 62.3 Å². The molecule has 1 amide bonds. The Hall–Kier alpha value is -2.16. The van der Waals surface area contributed by atoms with Crippen LogP contribution in [-0.4, -0.2) is 17.4 Å². The third-order valence-electron chi connectivity index (χ3n) is 5.55. The molecule has 1 saturated heterocycles. The molecule has 0 N–H and O–H groups in total. The van der Waals surface area contributed by atoms with Crippen LogP contribution < -0.4 is 0 Å². The minimum absolute atomic E-state index is 0.0216. The molecule has 1 aliphatic heterocycles. The summed E-state index contributed by atoms with van der Waals surface area (Å²) < 4.78 is 13.4. The van der Waals surface area contributed by atoms with Crippen molar-refractivity contribution in [1.29, 1.82) is 0 Å². The predicted octanol–water partition coefficient (Wildman–Crippen LogP) is 4.91. The number of carbonyl (C=O) groups excluding carboxylic acids is 1. The fraction of sp³-hybridized carbons (Fsp3) is 0.409. The Morgan fingerprint density at radius 1 is 1.08 bits per heavy atom. The fourth-order valence-electron chi connectivity index (χ4n) is 4.37. The molecule has 2 aliphatic rings. The summed E-state index contributed by atoms with van der Waals surface area (Å²) in [6.45, 7) is 5.06. The van der Waals surface area contributed by atoms with Crippen molar-refractivity contribution < 1.29 is 9.18 Å². The van der Waals surface area contributed by atoms with E-state index in [1.165, 1.54) is 22.8 Å². The number of aryl methyl sites for hydroxylation is 2. The summed E-state index contributed by atoms with van der Waals surface area (Å²) in [6, 6.07) is 13.5. The van der Waals surface area contributed by atoms with E-state index >= 15 is 0 Å². The predicted molar refractivity (Wildman–Crippen MR) is 96.9 cm³/mol. The summed E-state index contributed by atoms with van der Waals surface area (Å²) in [5.74, 6) is 0.234. The third kappa shape index (κ3) is 3.20. The van der Waals surface area contributed by atoms with Gasteiger partial charge >= 0.3 is 0 Å². The van der Waals surface area contributed by atoms with Crippen molar-refractivity contribution >= 4 is 5.91 Å². The van der Waals surface area contributed by atoms with E-state index < -0.39 is 0 Å². The molecule has 4 rings (SSSR count). The normalized spacial score (nSPS) is 25.2. The van der Waals surface area contributed by atoms with E-state index in [1.807, 2.05) is 6.07 Å². The van der Waals surface area contributed by atoms with Crippen LogP contribution in [0.3, 0.4) is 0 Å². The Bertz CT molecular complexity index is 795. The first-order chi connectivity index (χ1) is 12.0. The first kappa shape index (κ1) is 16.3. The third-order valence-corrected chi connectivity index (χ3v) is 5.55. The maximum Gasteiger partial charge on any atom is 0.226 e. The molecule has 0 spiro atoms. The quantitative estimate of drug-likeness (QED) is 0.779. The molecular weight excluding hydrogens is 313 g/mol. The molecule has 2 fully saturated rings. The Morgan fingerprint density at radius 3 is 2.56 bits per heavy atom. The van der Waals surface area contributed by atoms with Crippen molar-refractivity contribution in [2.24, 2.45) is 5.92 Å². The summed E-state index contributed by atoms with van der Waals surface area (Å²) in [4.78, 5) is 15.1. The summed E-state index contributed by atoms with van der Waals surface area (Å²) >= 11 is 0. The molecule has 3 unspecified atom stereocenters. The van der Waals surface area contributed by atoms with Gasteiger partial charge in [0, 0.05) is 12.5 Å². The fourth-order valence-corrected chi connectivity index (χ4v) is 4.37. The van der Waals surface area contributed by atoms with Crippen LogP contribution in [0.15, 0.2) is 42.5 Å². The molecule has 1 saturated carbocycles. The van der Waals surface area contributed by atoms with Gasteiger partial charge in [0.25, 0.3) is 0 Å². The van der Waals surface area contributed by atoms with E-state index in [2.05, 4.69) is 36.9 Å². The van der Waals surface area contributed by atoms with E-state index in [9.17, 15) is 9.18 Å². The van der Waals surface area contributed by atoms with Gasteiger partial charge in [-0.3, -0.25) is 4.79 Å². The number of hydrogen-bond acceptors (Lipinski definition) is 1. The highest BCUT2D eigenvalue weighted by Crippen LogP contribution is 2.50. The lowest BCUT2D eigenvalue weighted by Gasteiger charge is -2.26. The molecule has 0 aromatic heterocycles. The molecule has 0 bridgehead atoms. The molecular formula is C22H24FNO. The molecule has 2 nitrogen and oxygen atoms in total. The summed E-state index contributed by atoms with van der Waals surface area (Å²) in [7, 11) is 0. The molecule has 0 radical (unpaired) electrons. The summed E-state index contributed by atoms with van der Waals surface area (Å²) in [5, 5.41) is 0. The highest BCUT2D eigenvalue weighted by Gasteiger charge is 2.47. The van der Waals surface area contributed by atoms with Crippen LogP contribution in [0.1, 0.15) is 53.5 Å². The first-order valence-electron chi connectivity index (χ1n) is 9.17. The summed E-state index contributed by atoms with van der Waals surface area (Å²) in [6.07, 6.45) is 2.94. The second-order valence-corrected chi connectivity index (χ2v) is 7.61. The van der Waals surface area contributed by atoms with Gasteiger partial charge in [0.05, 0.1) is 6.04 Å². The van der Waals surface area contributed by atoms with Gasteiger partial charge in [0.15, 0.2) is 0 Å². The van der Waals surface area contributed by atoms with Crippen LogP contribution in [0.25, 0.3) is 0 Å². The van der Waals surface area contributed by atoms with Gasteiger partial charge in [-0.15, -0.1) is 0 Å². The van der Waals surface area contributed by atoms with Crippen molar-refractivity contribution in [3.8, 4) is 0 Å². The maximum atomic E-state index is 13.4. The number of likely N-dealkylation sites (tertiary alicyclic amines) is 1. The lowest BCUT2D eigenvalue weighted by molar-refractivity contribution is -0.133. The lowest BCUT2D eigenvalue weighted by Crippen LogP contribution is -2.32. The van der Waals surface area contributed by atoms with Crippen molar-refractivity contribution in [2.45, 2.75) is 45.1 Å². The highest BCUT2D eigenvalue weighted by molar-refractivity contribution is 5.83. The van der Waals surface area contributed by atoms with Crippen LogP contribution in [-0.2, 0) is 4.79 Å². The number of amides is 1. The first-order valence-corrected chi connectivity index (χ1v) is 9.17. The summed E-state index contributed by atoms with van der Waals surface area (Å²) in [5.41, 5.74) is 4.71. The Balaban J connectivity index is 1.52. The van der Waals surface area contributed by atoms with Gasteiger partial charge in [0.2, 0.25) is 5.91 Å². The molecule has 2 aromatic rings. The van der Waals surface area contributed by atoms with Crippen LogP contribution >= 0.6 is 0 Å². The number of rotatable bonds is 3. The molecule has 2 aromatic carbocycles. The Labute approximate surface area is 148 Å². The average molecular weight is 337 g/mol. The SMILES string of the molecule is Cc1cc(C)cc(C2CCCN2C(=O)C2CC2c2cccc(F)c2)c1. The number of carbonyl (C=O) groups is 1. The number of benzene rings is 2. The maximum absolute atomic E-state index is 13.4. The van der Waals surface area contributed by atoms with Gasteiger partial charge < -0.3 is 4.90 Å². The van der Waals surface area contributed by atoms with E-state index in [1.54, 1.807) is 12.1 Å². The number of halogens is 1. The van der Waals surface area contributed by atoms with E-state index in [-0.39, 0.29) is 29.6 Å². The molecule has 130 valence electrons. The van der Waals surface area contributed by atoms with Gasteiger partial charge in [0.1, 0.15) is 5.82 Å². The lowest BCUT2D eigenvalue weighted by atomic mass is 9.99. The topological polar surface area (TPSA) is 20.3 Å². The standard InChI is InChI=1S/C22H24FNO/c1-14-9-15(2)11-17(10-14)21-7-4-8-24(21)22(25)20-13-19(20)16-5-3-6-18(23)12-16/h3,5-6,9-12,19-21H,4,7-8,13H2,1-2H3. The van der Waals surface area contributed by atoms with E-state index in [0.717, 1.165) is 31.4 Å². The van der Waals surface area contributed by atoms with Crippen molar-refractivity contribution in [2.75, 3.05) is 6.54 Å². The number of nitrogens with zero attached hydrogens (tertiary/aromatic N) is 1. The second kappa shape index (κ2) is 6.29. The monoisotopic (exact) mass is 337 g/mol. The molecule has 1 heterocycles. The van der Waals surface area contributed by atoms with Gasteiger partial charge in [-0.1, -0.05) is 41.5 Å². The zero-order valence-electron chi connectivity index (χ0n) is 14.8. The average Bonchev–Trinajstić information content (AvgIpc) is 3.21. The van der Waals surface area contributed by atoms with Gasteiger partial charge in [-0.25, -0.2) is 4.39 Å². The minimum atomic E-state index is -0.218. The number of hydrogen-bond donors (Lipinski definition) is 0. The molecule has 25 heavy (non-hydrogen) atoms. The van der Waals surface area contributed by atoms with Crippen LogP contribution in [0.2, 0.25) is 0 Å². The Morgan fingerprint density at radius 2 is 1.84 bits per heavy atom. The van der Waals surface area contributed by atoms with Crippen molar-refractivity contribution in [3.63, 3.8) is 0 Å². The largest absolute Gasteiger partial charge is 0.335 e. The molecule has 3 atom stereocenters. The zero-order valence-corrected chi connectivity index (χ0v) is 14.8. The van der Waals surface area contributed by atoms with Crippen molar-refractivity contribution in [3.05, 3.63) is 70.5 Å². The van der Waals surface area contributed by atoms with Gasteiger partial charge in [-0.2, -0.15) is 0 Å². The zero-order chi connectivity index (χ0) is 17.6. The molecule has 1 aliphatic carbocycles. The van der Waals surface area contributed by atoms with Crippen LogP contribution in [0.5, 0.6) is 0 Å². The highest BCUT2D eigenvalue weighted by atomic mass is 19.1. The van der Waals surface area contributed by atoms with E-state index in [4.69, 9.17) is 0 Å². The van der Waals surface area contributed by atoms with Crippen LogP contribution in [0.4, 0.5) is 4.39 Å². The van der Waals surface area contributed by atoms with E-state index in [0.29, 0.717) is 0 Å². The smallest absolute Gasteiger partial charge is 0.226 e. The van der Waals surface area contributed by atoms with Crippen LogP contribution in [0, 0.1) is 25.6 Å². The molecule has 3 heteroatoms. The minimum Gasteiger partial charge on any atom is -0.335 e. The second-order valence-electron chi connectivity index (χ2n) is 7.61.